The molecule has 0 atom stereocenters. The van der Waals surface area contributed by atoms with Crippen LogP contribution in [-0.4, -0.2) is 10.2 Å². The molecular formula is C12H10BrClFN3. The van der Waals surface area contributed by atoms with Gasteiger partial charge < -0.3 is 5.32 Å². The highest BCUT2D eigenvalue weighted by Crippen LogP contribution is 2.26. The number of nitrogens with zero attached hydrogens (tertiary/aromatic N) is 2. The summed E-state index contributed by atoms with van der Waals surface area (Å²) in [5.74, 6) is 0.135. The highest BCUT2D eigenvalue weighted by atomic mass is 79.9. The van der Waals surface area contributed by atoms with Crippen molar-refractivity contribution in [2.24, 2.45) is 0 Å². The monoisotopic (exact) mass is 329 g/mol. The summed E-state index contributed by atoms with van der Waals surface area (Å²) in [5.41, 5.74) is 2.02. The first-order valence-corrected chi connectivity index (χ1v) is 6.37. The van der Waals surface area contributed by atoms with Crippen molar-refractivity contribution in [3.8, 4) is 0 Å². The van der Waals surface area contributed by atoms with Gasteiger partial charge in [-0.2, -0.15) is 0 Å². The second kappa shape index (κ2) is 5.20. The van der Waals surface area contributed by atoms with Crippen molar-refractivity contribution < 1.29 is 4.39 Å². The van der Waals surface area contributed by atoms with Gasteiger partial charge in [0.25, 0.3) is 0 Å². The fraction of sp³-hybridized carbons (Fsp3) is 0.167. The lowest BCUT2D eigenvalue weighted by molar-refractivity contribution is 0.631. The third kappa shape index (κ3) is 2.62. The molecule has 2 rings (SSSR count). The van der Waals surface area contributed by atoms with Gasteiger partial charge in [0.1, 0.15) is 5.82 Å². The van der Waals surface area contributed by atoms with E-state index in [4.69, 9.17) is 11.6 Å². The molecule has 0 spiro atoms. The highest BCUT2D eigenvalue weighted by Gasteiger charge is 2.10. The van der Waals surface area contributed by atoms with Gasteiger partial charge in [0.15, 0.2) is 11.0 Å². The fourth-order valence-corrected chi connectivity index (χ4v) is 1.93. The normalized spacial score (nSPS) is 10.5. The predicted octanol–water partition coefficient (Wildman–Crippen LogP) is 4.39. The number of anilines is 2. The van der Waals surface area contributed by atoms with Crippen molar-refractivity contribution in [3.63, 3.8) is 0 Å². The van der Waals surface area contributed by atoms with Crippen LogP contribution in [0, 0.1) is 19.7 Å². The molecule has 0 saturated heterocycles. The molecule has 0 bridgehead atoms. The van der Waals surface area contributed by atoms with E-state index in [1.54, 1.807) is 12.1 Å². The number of nitrogens with one attached hydrogen (secondary N) is 1. The lowest BCUT2D eigenvalue weighted by Gasteiger charge is -2.11. The average molecular weight is 331 g/mol. The number of halogens is 3. The van der Waals surface area contributed by atoms with E-state index in [1.165, 1.54) is 6.07 Å². The van der Waals surface area contributed by atoms with Crippen LogP contribution in [-0.2, 0) is 0 Å². The largest absolute Gasteiger partial charge is 0.336 e. The second-order valence-corrected chi connectivity index (χ2v) is 5.11. The summed E-state index contributed by atoms with van der Waals surface area (Å²) in [6.45, 7) is 3.70. The van der Waals surface area contributed by atoms with E-state index in [2.05, 4.69) is 31.4 Å². The van der Waals surface area contributed by atoms with Gasteiger partial charge in [0, 0.05) is 4.47 Å². The van der Waals surface area contributed by atoms with E-state index in [0.717, 1.165) is 11.1 Å². The molecule has 0 aliphatic rings. The van der Waals surface area contributed by atoms with Gasteiger partial charge >= 0.3 is 0 Å². The molecule has 0 unspecified atom stereocenters. The van der Waals surface area contributed by atoms with Gasteiger partial charge in [0.05, 0.1) is 5.69 Å². The van der Waals surface area contributed by atoms with Crippen LogP contribution in [0.2, 0.25) is 5.15 Å². The average Bonchev–Trinajstić information content (AvgIpc) is 2.33. The van der Waals surface area contributed by atoms with Crippen LogP contribution in [0.15, 0.2) is 22.7 Å². The van der Waals surface area contributed by atoms with E-state index in [9.17, 15) is 4.39 Å². The summed E-state index contributed by atoms with van der Waals surface area (Å²) < 4.78 is 14.4. The van der Waals surface area contributed by atoms with Crippen molar-refractivity contribution in [3.05, 3.63) is 44.8 Å². The number of hydrogen-bond acceptors (Lipinski definition) is 3. The Morgan fingerprint density at radius 3 is 2.61 bits per heavy atom. The van der Waals surface area contributed by atoms with E-state index < -0.39 is 0 Å². The molecule has 1 aromatic carbocycles. The first-order chi connectivity index (χ1) is 8.49. The van der Waals surface area contributed by atoms with Crippen LogP contribution in [0.3, 0.4) is 0 Å². The fourth-order valence-electron chi connectivity index (χ4n) is 1.41. The van der Waals surface area contributed by atoms with Crippen LogP contribution in [0.25, 0.3) is 0 Å². The Bertz CT molecular complexity index is 604. The summed E-state index contributed by atoms with van der Waals surface area (Å²) in [6, 6.07) is 4.76. The molecule has 2 aromatic rings. The Morgan fingerprint density at radius 1 is 1.22 bits per heavy atom. The lowest BCUT2D eigenvalue weighted by Crippen LogP contribution is -2.02. The third-order valence-corrected chi connectivity index (χ3v) is 3.50. The maximum absolute atomic E-state index is 13.7. The Morgan fingerprint density at radius 2 is 1.94 bits per heavy atom. The zero-order valence-electron chi connectivity index (χ0n) is 9.76. The van der Waals surface area contributed by atoms with E-state index >= 15 is 0 Å². The first kappa shape index (κ1) is 13.2. The zero-order valence-corrected chi connectivity index (χ0v) is 12.1. The molecule has 94 valence electrons. The van der Waals surface area contributed by atoms with Gasteiger partial charge in [0.2, 0.25) is 0 Å². The Kier molecular flexibility index (Phi) is 3.82. The van der Waals surface area contributed by atoms with Gasteiger partial charge in [-0.3, -0.25) is 0 Å². The Hall–Kier alpha value is -1.20. The molecule has 0 radical (unpaired) electrons. The minimum atomic E-state index is -0.363. The smallest absolute Gasteiger partial charge is 0.156 e. The quantitative estimate of drug-likeness (QED) is 0.887. The van der Waals surface area contributed by atoms with Crippen molar-refractivity contribution in [2.45, 2.75) is 13.8 Å². The van der Waals surface area contributed by atoms with Crippen LogP contribution in [0.5, 0.6) is 0 Å². The van der Waals surface area contributed by atoms with Crippen molar-refractivity contribution in [1.82, 2.24) is 10.2 Å². The van der Waals surface area contributed by atoms with Crippen molar-refractivity contribution >= 4 is 39.0 Å². The van der Waals surface area contributed by atoms with Gasteiger partial charge in [-0.1, -0.05) is 27.5 Å². The van der Waals surface area contributed by atoms with Crippen molar-refractivity contribution in [1.29, 1.82) is 0 Å². The number of benzene rings is 1. The summed E-state index contributed by atoms with van der Waals surface area (Å²) in [4.78, 5) is 0. The minimum Gasteiger partial charge on any atom is -0.336 e. The van der Waals surface area contributed by atoms with Crippen LogP contribution in [0.1, 0.15) is 11.1 Å². The number of hydrogen-bond donors (Lipinski definition) is 1. The summed E-state index contributed by atoms with van der Waals surface area (Å²) >= 11 is 9.06. The summed E-state index contributed by atoms with van der Waals surface area (Å²) in [5, 5.41) is 11.0. The topological polar surface area (TPSA) is 37.8 Å². The van der Waals surface area contributed by atoms with Gasteiger partial charge in [-0.05, 0) is 43.2 Å². The number of rotatable bonds is 2. The highest BCUT2D eigenvalue weighted by molar-refractivity contribution is 9.10. The number of aromatic nitrogens is 2. The standard InChI is InChI=1S/C12H10BrClFN3/c1-6-7(2)12(18-17-11(6)14)16-10-4-3-8(13)5-9(10)15/h3-5H,1-2H3,(H,16,18). The Labute approximate surface area is 118 Å². The maximum Gasteiger partial charge on any atom is 0.156 e. The Balaban J connectivity index is 2.37. The summed E-state index contributed by atoms with van der Waals surface area (Å²) in [6.07, 6.45) is 0. The van der Waals surface area contributed by atoms with Crippen LogP contribution < -0.4 is 5.32 Å². The molecule has 0 amide bonds. The molecule has 6 heteroatoms. The molecular weight excluding hydrogens is 321 g/mol. The molecule has 18 heavy (non-hydrogen) atoms. The molecule has 1 heterocycles. The molecule has 0 aliphatic carbocycles. The van der Waals surface area contributed by atoms with Gasteiger partial charge in [-0.15, -0.1) is 10.2 Å². The van der Waals surface area contributed by atoms with Crippen molar-refractivity contribution in [2.75, 3.05) is 5.32 Å². The van der Waals surface area contributed by atoms with E-state index in [0.29, 0.717) is 21.1 Å². The van der Waals surface area contributed by atoms with Crippen LogP contribution >= 0.6 is 27.5 Å². The minimum absolute atomic E-state index is 0.345. The van der Waals surface area contributed by atoms with Gasteiger partial charge in [-0.25, -0.2) is 4.39 Å². The molecule has 0 fully saturated rings. The van der Waals surface area contributed by atoms with Crippen LogP contribution in [0.4, 0.5) is 15.9 Å². The molecule has 0 saturated carbocycles. The molecule has 1 N–H and O–H groups in total. The molecule has 0 aliphatic heterocycles. The van der Waals surface area contributed by atoms with E-state index in [1.807, 2.05) is 13.8 Å². The third-order valence-electron chi connectivity index (χ3n) is 2.65. The SMILES string of the molecule is Cc1c(Cl)nnc(Nc2ccc(Br)cc2F)c1C. The lowest BCUT2D eigenvalue weighted by atomic mass is 10.2. The summed E-state index contributed by atoms with van der Waals surface area (Å²) in [7, 11) is 0. The molecule has 3 nitrogen and oxygen atoms in total. The zero-order chi connectivity index (χ0) is 13.3. The molecule has 1 aromatic heterocycles. The van der Waals surface area contributed by atoms with E-state index in [-0.39, 0.29) is 5.82 Å². The predicted molar refractivity (Wildman–Crippen MR) is 73.9 cm³/mol. The maximum atomic E-state index is 13.7. The second-order valence-electron chi connectivity index (χ2n) is 3.84. The first-order valence-electron chi connectivity index (χ1n) is 5.20.